The van der Waals surface area contributed by atoms with Crippen LogP contribution in [0.15, 0.2) is 24.3 Å². The van der Waals surface area contributed by atoms with Gasteiger partial charge in [0.25, 0.3) is 5.60 Å². The third-order valence-corrected chi connectivity index (χ3v) is 8.77. The molecule has 1 aromatic carbocycles. The summed E-state index contributed by atoms with van der Waals surface area (Å²) in [5.41, 5.74) is -4.35. The predicted molar refractivity (Wildman–Crippen MR) is 117 cm³/mol. The zero-order chi connectivity index (χ0) is 25.1. The number of hydrogen-bond acceptors (Lipinski definition) is 3. The third-order valence-electron chi connectivity index (χ3n) is 5.56. The van der Waals surface area contributed by atoms with Gasteiger partial charge in [0.2, 0.25) is 5.78 Å². The minimum atomic E-state index is -5.72. The molecule has 1 aliphatic rings. The van der Waals surface area contributed by atoms with E-state index in [0.717, 1.165) is 37.7 Å². The Kier molecular flexibility index (Phi) is 8.82. The van der Waals surface area contributed by atoms with Crippen molar-refractivity contribution in [2.75, 3.05) is 24.7 Å². The number of ketones is 1. The molecule has 1 saturated heterocycles. The summed E-state index contributed by atoms with van der Waals surface area (Å²) in [4.78, 5) is 13.3. The van der Waals surface area contributed by atoms with Crippen molar-refractivity contribution in [2.24, 2.45) is 5.41 Å². The first-order valence-electron chi connectivity index (χ1n) is 10.8. The first kappa shape index (κ1) is 27.8. The van der Waals surface area contributed by atoms with Crippen LogP contribution in [0.3, 0.4) is 0 Å². The molecule has 0 aliphatic carbocycles. The van der Waals surface area contributed by atoms with Crippen LogP contribution < -0.4 is 4.74 Å². The number of ether oxygens (including phenoxy) is 2. The van der Waals surface area contributed by atoms with Gasteiger partial charge in [-0.25, -0.2) is 0 Å². The number of Topliss-reactive ketones (excluding diaryl/α,β-unsaturated/α-hetero) is 1. The van der Waals surface area contributed by atoms with Gasteiger partial charge in [-0.3, -0.25) is 4.79 Å². The van der Waals surface area contributed by atoms with Gasteiger partial charge >= 0.3 is 12.4 Å². The van der Waals surface area contributed by atoms with Crippen molar-refractivity contribution < 1.29 is 40.6 Å². The van der Waals surface area contributed by atoms with Crippen LogP contribution in [0.2, 0.25) is 0 Å². The topological polar surface area (TPSA) is 35.5 Å². The summed E-state index contributed by atoms with van der Waals surface area (Å²) < 4.78 is 89.1. The second-order valence-electron chi connectivity index (χ2n) is 9.19. The molecule has 0 aromatic heterocycles. The van der Waals surface area contributed by atoms with Crippen molar-refractivity contribution in [1.82, 2.24) is 0 Å². The Morgan fingerprint density at radius 2 is 1.45 bits per heavy atom. The molecule has 0 amide bonds. The van der Waals surface area contributed by atoms with E-state index in [9.17, 15) is 31.1 Å². The highest BCUT2D eigenvalue weighted by Gasteiger charge is 2.73. The Balaban J connectivity index is 2.22. The molecule has 1 fully saturated rings. The molecule has 0 bridgehead atoms. The van der Waals surface area contributed by atoms with Crippen LogP contribution in [-0.2, 0) is 15.6 Å². The van der Waals surface area contributed by atoms with Gasteiger partial charge in [-0.1, -0.05) is 20.8 Å². The smallest absolute Gasteiger partial charge is 0.430 e. The van der Waals surface area contributed by atoms with E-state index in [1.165, 1.54) is 24.3 Å². The lowest BCUT2D eigenvalue weighted by Gasteiger charge is -2.36. The van der Waals surface area contributed by atoms with E-state index >= 15 is 0 Å². The Labute approximate surface area is 193 Å². The van der Waals surface area contributed by atoms with E-state index in [2.05, 4.69) is 4.74 Å². The van der Waals surface area contributed by atoms with Gasteiger partial charge in [-0.2, -0.15) is 26.3 Å². The van der Waals surface area contributed by atoms with Crippen LogP contribution in [0.5, 0.6) is 5.75 Å². The van der Waals surface area contributed by atoms with Crippen LogP contribution in [0.1, 0.15) is 57.3 Å². The summed E-state index contributed by atoms with van der Waals surface area (Å²) in [6.07, 6.45) is -8.14. The molecule has 1 heterocycles. The second kappa shape index (κ2) is 10.5. The number of carbonyl (C=O) groups is 1. The van der Waals surface area contributed by atoms with Gasteiger partial charge in [0, 0.05) is 17.6 Å². The Morgan fingerprint density at radius 3 is 1.88 bits per heavy atom. The molecule has 1 aliphatic heterocycles. The fourth-order valence-electron chi connectivity index (χ4n) is 3.96. The molecule has 10 heteroatoms. The highest BCUT2D eigenvalue weighted by atomic mass is 32.2. The van der Waals surface area contributed by atoms with Gasteiger partial charge in [0.05, 0.1) is 0 Å². The van der Waals surface area contributed by atoms with E-state index in [0.29, 0.717) is 5.56 Å². The van der Waals surface area contributed by atoms with Crippen LogP contribution >= 0.6 is 0 Å². The van der Waals surface area contributed by atoms with E-state index in [-0.39, 0.29) is 33.1 Å². The monoisotopic (exact) mass is 501 g/mol. The van der Waals surface area contributed by atoms with Crippen LogP contribution in [0.4, 0.5) is 26.3 Å². The average molecular weight is 502 g/mol. The maximum atomic E-state index is 13.3. The minimum Gasteiger partial charge on any atom is -0.490 e. The SMILES string of the molecule is CCOC(COc1ccc(C(=O)C([S+]2CCCCC2)C(C)(C)C)cc1)(C(F)(F)F)C(F)(F)F. The number of halogens is 6. The van der Waals surface area contributed by atoms with E-state index < -0.39 is 31.2 Å². The summed E-state index contributed by atoms with van der Waals surface area (Å²) in [5, 5.41) is -0.203. The maximum Gasteiger partial charge on any atom is 0.430 e. The molecular formula is C23H31F6O3S+. The number of alkyl halides is 6. The number of carbonyl (C=O) groups excluding carboxylic acids is 1. The van der Waals surface area contributed by atoms with Crippen molar-refractivity contribution in [3.05, 3.63) is 29.8 Å². The van der Waals surface area contributed by atoms with E-state index in [4.69, 9.17) is 4.74 Å². The van der Waals surface area contributed by atoms with Crippen molar-refractivity contribution in [2.45, 2.75) is 70.2 Å². The Bertz CT molecular complexity index is 763. The molecule has 1 atom stereocenters. The molecule has 33 heavy (non-hydrogen) atoms. The van der Waals surface area contributed by atoms with Gasteiger partial charge in [0.15, 0.2) is 5.25 Å². The van der Waals surface area contributed by atoms with E-state index in [1.807, 2.05) is 20.8 Å². The zero-order valence-electron chi connectivity index (χ0n) is 19.2. The van der Waals surface area contributed by atoms with Gasteiger partial charge in [-0.05, 0) is 61.3 Å². The lowest BCUT2D eigenvalue weighted by atomic mass is 9.87. The fraction of sp³-hybridized carbons (Fsp3) is 0.696. The molecule has 1 unspecified atom stereocenters. The first-order chi connectivity index (χ1) is 15.1. The number of hydrogen-bond donors (Lipinski definition) is 0. The van der Waals surface area contributed by atoms with Crippen molar-refractivity contribution in [3.8, 4) is 5.75 Å². The second-order valence-corrected chi connectivity index (χ2v) is 11.5. The summed E-state index contributed by atoms with van der Waals surface area (Å²) in [6, 6.07) is 5.24. The molecule has 188 valence electrons. The Hall–Kier alpha value is -1.42. The lowest BCUT2D eigenvalue weighted by molar-refractivity contribution is -0.385. The first-order valence-corrected chi connectivity index (χ1v) is 12.5. The molecule has 1 aromatic rings. The van der Waals surface area contributed by atoms with Crippen LogP contribution in [0, 0.1) is 5.41 Å². The average Bonchev–Trinajstić information content (AvgIpc) is 2.69. The fourth-order valence-corrected chi connectivity index (χ4v) is 7.23. The van der Waals surface area contributed by atoms with Gasteiger partial charge in [0.1, 0.15) is 23.9 Å². The normalized spacial score (nSPS) is 17.6. The highest BCUT2D eigenvalue weighted by Crippen LogP contribution is 2.46. The zero-order valence-corrected chi connectivity index (χ0v) is 20.1. The summed E-state index contributed by atoms with van der Waals surface area (Å²) in [6.45, 7) is 4.50. The third kappa shape index (κ3) is 6.38. The summed E-state index contributed by atoms with van der Waals surface area (Å²) >= 11 is 0. The largest absolute Gasteiger partial charge is 0.490 e. The lowest BCUT2D eigenvalue weighted by Crippen LogP contribution is -2.62. The van der Waals surface area contributed by atoms with Gasteiger partial charge < -0.3 is 9.47 Å². The summed E-state index contributed by atoms with van der Waals surface area (Å²) in [5.74, 6) is 1.71. The van der Waals surface area contributed by atoms with Gasteiger partial charge in [-0.15, -0.1) is 0 Å². The molecule has 0 spiro atoms. The molecule has 3 nitrogen and oxygen atoms in total. The molecular weight excluding hydrogens is 470 g/mol. The van der Waals surface area contributed by atoms with Crippen LogP contribution in [-0.4, -0.2) is 53.7 Å². The van der Waals surface area contributed by atoms with Crippen molar-refractivity contribution >= 4 is 16.7 Å². The Morgan fingerprint density at radius 1 is 0.939 bits per heavy atom. The van der Waals surface area contributed by atoms with Crippen LogP contribution in [0.25, 0.3) is 0 Å². The van der Waals surface area contributed by atoms with Crippen molar-refractivity contribution in [3.63, 3.8) is 0 Å². The number of rotatable bonds is 8. The predicted octanol–water partition coefficient (Wildman–Crippen LogP) is 6.36. The maximum absolute atomic E-state index is 13.3. The minimum absolute atomic E-state index is 0.0615. The van der Waals surface area contributed by atoms with Crippen molar-refractivity contribution in [1.29, 1.82) is 0 Å². The summed E-state index contributed by atoms with van der Waals surface area (Å²) in [7, 11) is -0.0727. The standard InChI is InChI=1S/C23H31F6O3S/c1-5-32-21(22(24,25)26,23(27,28)29)15-31-17-11-9-16(10-12-17)18(30)19(20(2,3)4)33-13-7-6-8-14-33/h9-12,19H,5-8,13-15H2,1-4H3/q+1. The molecule has 0 saturated carbocycles. The number of benzene rings is 1. The molecule has 2 rings (SSSR count). The highest BCUT2D eigenvalue weighted by molar-refractivity contribution is 7.98. The molecule has 0 N–H and O–H groups in total. The quantitative estimate of drug-likeness (QED) is 0.236. The van der Waals surface area contributed by atoms with E-state index in [1.54, 1.807) is 0 Å². The molecule has 0 radical (unpaired) electrons.